The van der Waals surface area contributed by atoms with E-state index in [0.29, 0.717) is 27.9 Å². The molecule has 7 nitrogen and oxygen atoms in total. The highest BCUT2D eigenvalue weighted by molar-refractivity contribution is 6.31. The highest BCUT2D eigenvalue weighted by Crippen LogP contribution is 2.28. The predicted molar refractivity (Wildman–Crippen MR) is 97.5 cm³/mol. The van der Waals surface area contributed by atoms with Crippen LogP contribution in [0.2, 0.25) is 5.02 Å². The number of amides is 1. The Morgan fingerprint density at radius 1 is 1.31 bits per heavy atom. The number of halogens is 1. The second-order valence-electron chi connectivity index (χ2n) is 5.49. The van der Waals surface area contributed by atoms with Crippen LogP contribution < -0.4 is 15.6 Å². The first-order valence-corrected chi connectivity index (χ1v) is 8.15. The molecular weight excluding hydrogens is 358 g/mol. The number of carbonyl (C=O) groups excluding carboxylic acids is 1. The van der Waals surface area contributed by atoms with Gasteiger partial charge in [0.15, 0.2) is 5.76 Å². The number of carbonyl (C=O) groups is 1. The van der Waals surface area contributed by atoms with Crippen LogP contribution in [-0.2, 0) is 4.79 Å². The number of hydrogen-bond acceptors (Lipinski definition) is 5. The summed E-state index contributed by atoms with van der Waals surface area (Å²) in [4.78, 5) is 24.8. The van der Waals surface area contributed by atoms with E-state index in [4.69, 9.17) is 20.8 Å². The first-order chi connectivity index (χ1) is 12.5. The van der Waals surface area contributed by atoms with E-state index >= 15 is 0 Å². The van der Waals surface area contributed by atoms with E-state index in [-0.39, 0.29) is 0 Å². The fraction of sp³-hybridized carbons (Fsp3) is 0.167. The first-order valence-electron chi connectivity index (χ1n) is 7.77. The number of anilines is 1. The second-order valence-corrected chi connectivity index (χ2v) is 5.92. The molecule has 1 N–H and O–H groups in total. The molecule has 1 amide bonds. The van der Waals surface area contributed by atoms with Gasteiger partial charge in [-0.3, -0.25) is 9.59 Å². The molecule has 3 rings (SSSR count). The molecule has 3 aromatic rings. The van der Waals surface area contributed by atoms with Gasteiger partial charge in [0, 0.05) is 11.1 Å². The van der Waals surface area contributed by atoms with Crippen molar-refractivity contribution >= 4 is 23.2 Å². The molecule has 1 unspecified atom stereocenters. The van der Waals surface area contributed by atoms with Gasteiger partial charge in [-0.25, -0.2) is 4.68 Å². The zero-order valence-corrected chi connectivity index (χ0v) is 14.9. The maximum atomic E-state index is 12.6. The molecule has 0 fully saturated rings. The average molecular weight is 374 g/mol. The SMILES string of the molecule is COc1ccc(Cl)cc1NC(=O)C(C)n1nc(-c2ccco2)ccc1=O. The summed E-state index contributed by atoms with van der Waals surface area (Å²) in [5, 5.41) is 7.39. The maximum Gasteiger partial charge on any atom is 0.267 e. The van der Waals surface area contributed by atoms with Crippen LogP contribution in [0.25, 0.3) is 11.5 Å². The van der Waals surface area contributed by atoms with Gasteiger partial charge in [-0.15, -0.1) is 0 Å². The Hall–Kier alpha value is -3.06. The van der Waals surface area contributed by atoms with Crippen molar-refractivity contribution in [3.63, 3.8) is 0 Å². The summed E-state index contributed by atoms with van der Waals surface area (Å²) in [7, 11) is 1.49. The summed E-state index contributed by atoms with van der Waals surface area (Å²) in [6.45, 7) is 1.58. The van der Waals surface area contributed by atoms with Crippen molar-refractivity contribution in [2.45, 2.75) is 13.0 Å². The predicted octanol–water partition coefficient (Wildman–Crippen LogP) is 3.37. The van der Waals surface area contributed by atoms with Crippen molar-refractivity contribution in [3.8, 4) is 17.2 Å². The van der Waals surface area contributed by atoms with Crippen LogP contribution >= 0.6 is 11.6 Å². The second kappa shape index (κ2) is 7.45. The van der Waals surface area contributed by atoms with Gasteiger partial charge in [-0.05, 0) is 43.3 Å². The van der Waals surface area contributed by atoms with Crippen molar-refractivity contribution in [1.82, 2.24) is 9.78 Å². The smallest absolute Gasteiger partial charge is 0.267 e. The summed E-state index contributed by atoms with van der Waals surface area (Å²) in [5.41, 5.74) is 0.461. The summed E-state index contributed by atoms with van der Waals surface area (Å²) >= 11 is 5.97. The van der Waals surface area contributed by atoms with Gasteiger partial charge in [-0.1, -0.05) is 11.6 Å². The Morgan fingerprint density at radius 2 is 2.12 bits per heavy atom. The third-order valence-electron chi connectivity index (χ3n) is 3.76. The lowest BCUT2D eigenvalue weighted by atomic mass is 10.2. The molecule has 0 aliphatic heterocycles. The maximum absolute atomic E-state index is 12.6. The summed E-state index contributed by atoms with van der Waals surface area (Å²) in [5.74, 6) is 0.527. The van der Waals surface area contributed by atoms with Crippen LogP contribution in [-0.4, -0.2) is 22.8 Å². The van der Waals surface area contributed by atoms with Crippen LogP contribution in [0, 0.1) is 0 Å². The fourth-order valence-corrected chi connectivity index (χ4v) is 2.56. The minimum absolute atomic E-state index is 0.402. The Bertz CT molecular complexity index is 982. The molecule has 0 aliphatic carbocycles. The number of nitrogens with zero attached hydrogens (tertiary/aromatic N) is 2. The zero-order valence-electron chi connectivity index (χ0n) is 14.1. The fourth-order valence-electron chi connectivity index (χ4n) is 2.38. The Balaban J connectivity index is 1.88. The third-order valence-corrected chi connectivity index (χ3v) is 4.00. The normalized spacial score (nSPS) is 11.8. The van der Waals surface area contributed by atoms with Gasteiger partial charge in [0.05, 0.1) is 19.1 Å². The molecule has 1 aromatic carbocycles. The molecule has 0 saturated heterocycles. The van der Waals surface area contributed by atoms with Crippen molar-refractivity contribution in [2.24, 2.45) is 0 Å². The highest BCUT2D eigenvalue weighted by atomic mass is 35.5. The number of rotatable bonds is 5. The number of aromatic nitrogens is 2. The van der Waals surface area contributed by atoms with E-state index in [1.807, 2.05) is 0 Å². The van der Waals surface area contributed by atoms with Crippen molar-refractivity contribution in [3.05, 3.63) is 64.1 Å². The lowest BCUT2D eigenvalue weighted by molar-refractivity contribution is -0.119. The number of nitrogens with one attached hydrogen (secondary N) is 1. The van der Waals surface area contributed by atoms with E-state index in [1.54, 1.807) is 43.3 Å². The number of ether oxygens (including phenoxy) is 1. The number of hydrogen-bond donors (Lipinski definition) is 1. The average Bonchev–Trinajstić information content (AvgIpc) is 3.16. The minimum Gasteiger partial charge on any atom is -0.495 e. The lowest BCUT2D eigenvalue weighted by Gasteiger charge is -2.16. The van der Waals surface area contributed by atoms with Crippen LogP contribution in [0.4, 0.5) is 5.69 Å². The van der Waals surface area contributed by atoms with E-state index in [9.17, 15) is 9.59 Å². The van der Waals surface area contributed by atoms with E-state index < -0.39 is 17.5 Å². The lowest BCUT2D eigenvalue weighted by Crippen LogP contribution is -2.33. The first kappa shape index (κ1) is 17.8. The Labute approximate surface area is 154 Å². The largest absolute Gasteiger partial charge is 0.495 e. The molecule has 1 atom stereocenters. The van der Waals surface area contributed by atoms with Crippen molar-refractivity contribution < 1.29 is 13.9 Å². The minimum atomic E-state index is -0.860. The van der Waals surface area contributed by atoms with Gasteiger partial charge >= 0.3 is 0 Å². The molecule has 0 saturated carbocycles. The molecule has 2 aromatic heterocycles. The van der Waals surface area contributed by atoms with Crippen LogP contribution in [0.1, 0.15) is 13.0 Å². The molecular formula is C18H16ClN3O4. The Kier molecular flexibility index (Phi) is 5.09. The number of methoxy groups -OCH3 is 1. The quantitative estimate of drug-likeness (QED) is 0.741. The molecule has 0 spiro atoms. The van der Waals surface area contributed by atoms with Crippen LogP contribution in [0.3, 0.4) is 0 Å². The van der Waals surface area contributed by atoms with Crippen molar-refractivity contribution in [2.75, 3.05) is 12.4 Å². The summed E-state index contributed by atoms with van der Waals surface area (Å²) < 4.78 is 11.6. The van der Waals surface area contributed by atoms with E-state index in [1.165, 1.54) is 19.4 Å². The molecule has 0 radical (unpaired) electrons. The van der Waals surface area contributed by atoms with Gasteiger partial charge < -0.3 is 14.5 Å². The molecule has 2 heterocycles. The monoisotopic (exact) mass is 373 g/mol. The van der Waals surface area contributed by atoms with Crippen molar-refractivity contribution in [1.29, 1.82) is 0 Å². The van der Waals surface area contributed by atoms with E-state index in [0.717, 1.165) is 4.68 Å². The zero-order chi connectivity index (χ0) is 18.7. The number of furan rings is 1. The highest BCUT2D eigenvalue weighted by Gasteiger charge is 2.20. The molecule has 0 bridgehead atoms. The molecule has 0 aliphatic rings. The van der Waals surface area contributed by atoms with Crippen LogP contribution in [0.15, 0.2) is 57.9 Å². The molecule has 26 heavy (non-hydrogen) atoms. The van der Waals surface area contributed by atoms with E-state index in [2.05, 4.69) is 10.4 Å². The standard InChI is InChI=1S/C18H16ClN3O4/c1-11(18(24)20-14-10-12(19)5-7-15(14)25-2)22-17(23)8-6-13(21-22)16-4-3-9-26-16/h3-11H,1-2H3,(H,20,24). The summed E-state index contributed by atoms with van der Waals surface area (Å²) in [6, 6.07) is 10.3. The van der Waals surface area contributed by atoms with Crippen LogP contribution in [0.5, 0.6) is 5.75 Å². The van der Waals surface area contributed by atoms with Gasteiger partial charge in [0.2, 0.25) is 5.91 Å². The van der Waals surface area contributed by atoms with Gasteiger partial charge in [-0.2, -0.15) is 5.10 Å². The van der Waals surface area contributed by atoms with Gasteiger partial charge in [0.25, 0.3) is 5.56 Å². The molecule has 134 valence electrons. The molecule has 8 heteroatoms. The third kappa shape index (κ3) is 3.62. The number of benzene rings is 1. The summed E-state index contributed by atoms with van der Waals surface area (Å²) in [6.07, 6.45) is 1.51. The van der Waals surface area contributed by atoms with Gasteiger partial charge in [0.1, 0.15) is 17.5 Å². The Morgan fingerprint density at radius 3 is 2.81 bits per heavy atom. The topological polar surface area (TPSA) is 86.4 Å².